The van der Waals surface area contributed by atoms with Crippen LogP contribution in [0.25, 0.3) is 0 Å². The summed E-state index contributed by atoms with van der Waals surface area (Å²) in [7, 11) is 0. The molecule has 0 saturated heterocycles. The van der Waals surface area contributed by atoms with E-state index in [9.17, 15) is 0 Å². The predicted molar refractivity (Wildman–Crippen MR) is 76.2 cm³/mol. The molecule has 1 aliphatic rings. The zero-order valence-corrected chi connectivity index (χ0v) is 11.7. The number of aryl methyl sites for hydroxylation is 1. The molecule has 0 atom stereocenters. The largest absolute Gasteiger partial charge is 0.370 e. The van der Waals surface area contributed by atoms with Crippen molar-refractivity contribution in [1.82, 2.24) is 9.97 Å². The molecule has 4 heteroatoms. The van der Waals surface area contributed by atoms with Crippen LogP contribution in [-0.4, -0.2) is 29.1 Å². The second kappa shape index (κ2) is 6.03. The van der Waals surface area contributed by atoms with Crippen LogP contribution >= 0.6 is 0 Å². The van der Waals surface area contributed by atoms with Gasteiger partial charge in [-0.1, -0.05) is 13.3 Å². The van der Waals surface area contributed by atoms with E-state index in [0.717, 1.165) is 30.5 Å². The Balaban J connectivity index is 2.17. The van der Waals surface area contributed by atoms with Crippen LogP contribution in [0.1, 0.15) is 45.4 Å². The van der Waals surface area contributed by atoms with E-state index < -0.39 is 0 Å². The normalized spacial score (nSPS) is 14.6. The van der Waals surface area contributed by atoms with Crippen molar-refractivity contribution in [1.29, 1.82) is 0 Å². The van der Waals surface area contributed by atoms with E-state index in [0.29, 0.717) is 6.04 Å². The first kappa shape index (κ1) is 13.1. The Morgan fingerprint density at radius 1 is 1.33 bits per heavy atom. The van der Waals surface area contributed by atoms with Gasteiger partial charge in [-0.25, -0.2) is 9.97 Å². The number of unbranched alkanes of at least 4 members (excludes halogenated alkanes) is 1. The molecular weight excluding hydrogens is 224 g/mol. The Morgan fingerprint density at radius 2 is 2.11 bits per heavy atom. The first-order valence-corrected chi connectivity index (χ1v) is 7.10. The number of hydrogen-bond acceptors (Lipinski definition) is 4. The lowest BCUT2D eigenvalue weighted by Gasteiger charge is -2.24. The van der Waals surface area contributed by atoms with E-state index >= 15 is 0 Å². The summed E-state index contributed by atoms with van der Waals surface area (Å²) >= 11 is 0. The summed E-state index contributed by atoms with van der Waals surface area (Å²) in [5.74, 6) is 2.89. The van der Waals surface area contributed by atoms with Gasteiger partial charge in [0, 0.05) is 25.2 Å². The zero-order chi connectivity index (χ0) is 13.0. The summed E-state index contributed by atoms with van der Waals surface area (Å²) in [5, 5.41) is 3.28. The second-order valence-electron chi connectivity index (χ2n) is 4.97. The van der Waals surface area contributed by atoms with E-state index in [2.05, 4.69) is 40.1 Å². The summed E-state index contributed by atoms with van der Waals surface area (Å²) in [6.45, 7) is 8.31. The third-order valence-electron chi connectivity index (χ3n) is 3.22. The summed E-state index contributed by atoms with van der Waals surface area (Å²) in [6, 6.07) is 2.80. The molecule has 1 N–H and O–H groups in total. The zero-order valence-electron chi connectivity index (χ0n) is 11.7. The number of nitrogens with zero attached hydrogens (tertiary/aromatic N) is 3. The van der Waals surface area contributed by atoms with Gasteiger partial charge in [0.05, 0.1) is 0 Å². The second-order valence-corrected chi connectivity index (χ2v) is 4.97. The number of hydrogen-bond donors (Lipinski definition) is 1. The van der Waals surface area contributed by atoms with Crippen molar-refractivity contribution >= 4 is 11.6 Å². The highest BCUT2D eigenvalue weighted by atomic mass is 15.2. The van der Waals surface area contributed by atoms with Gasteiger partial charge in [0.2, 0.25) is 0 Å². The highest BCUT2D eigenvalue weighted by Crippen LogP contribution is 2.31. The SMILES string of the molecule is CCCCN(c1cc(NCC)nc(C)n1)C1CC1. The van der Waals surface area contributed by atoms with Crippen LogP contribution < -0.4 is 10.2 Å². The fraction of sp³-hybridized carbons (Fsp3) is 0.714. The number of anilines is 2. The Morgan fingerprint density at radius 3 is 2.72 bits per heavy atom. The Bertz CT molecular complexity index is 387. The van der Waals surface area contributed by atoms with Crippen molar-refractivity contribution in [2.45, 2.75) is 52.5 Å². The van der Waals surface area contributed by atoms with Crippen LogP contribution in [0.15, 0.2) is 6.07 Å². The van der Waals surface area contributed by atoms with Gasteiger partial charge in [0.25, 0.3) is 0 Å². The van der Waals surface area contributed by atoms with E-state index in [1.807, 2.05) is 6.92 Å². The molecule has 1 aromatic rings. The molecule has 0 bridgehead atoms. The topological polar surface area (TPSA) is 41.0 Å². The minimum Gasteiger partial charge on any atom is -0.370 e. The molecule has 0 aromatic carbocycles. The molecule has 2 rings (SSSR count). The van der Waals surface area contributed by atoms with Crippen LogP contribution in [0.4, 0.5) is 11.6 Å². The average molecular weight is 248 g/mol. The van der Waals surface area contributed by atoms with Crippen molar-refractivity contribution in [3.05, 3.63) is 11.9 Å². The standard InChI is InChI=1S/C14H24N4/c1-4-6-9-18(12-7-8-12)14-10-13(15-5-2)16-11(3)17-14/h10,12H,4-9H2,1-3H3,(H,15,16,17). The van der Waals surface area contributed by atoms with Crippen molar-refractivity contribution in [2.24, 2.45) is 0 Å². The van der Waals surface area contributed by atoms with Crippen LogP contribution in [0, 0.1) is 6.92 Å². The van der Waals surface area contributed by atoms with Crippen molar-refractivity contribution in [3.63, 3.8) is 0 Å². The molecule has 0 radical (unpaired) electrons. The highest BCUT2D eigenvalue weighted by Gasteiger charge is 2.29. The molecule has 1 aromatic heterocycles. The summed E-state index contributed by atoms with van der Waals surface area (Å²) in [4.78, 5) is 11.5. The molecule has 0 unspecified atom stereocenters. The van der Waals surface area contributed by atoms with E-state index in [4.69, 9.17) is 0 Å². The van der Waals surface area contributed by atoms with E-state index in [1.165, 1.54) is 25.7 Å². The number of aromatic nitrogens is 2. The van der Waals surface area contributed by atoms with Crippen molar-refractivity contribution in [2.75, 3.05) is 23.3 Å². The molecule has 1 fully saturated rings. The van der Waals surface area contributed by atoms with E-state index in [-0.39, 0.29) is 0 Å². The highest BCUT2D eigenvalue weighted by molar-refractivity contribution is 5.50. The lowest BCUT2D eigenvalue weighted by atomic mass is 10.3. The first-order valence-electron chi connectivity index (χ1n) is 7.10. The average Bonchev–Trinajstić information content (AvgIpc) is 3.14. The molecule has 0 amide bonds. The Hall–Kier alpha value is -1.32. The van der Waals surface area contributed by atoms with Gasteiger partial charge in [-0.05, 0) is 33.1 Å². The van der Waals surface area contributed by atoms with Crippen LogP contribution in [0.5, 0.6) is 0 Å². The maximum atomic E-state index is 4.61. The summed E-state index contributed by atoms with van der Waals surface area (Å²) < 4.78 is 0. The van der Waals surface area contributed by atoms with Gasteiger partial charge in [-0.3, -0.25) is 0 Å². The summed E-state index contributed by atoms with van der Waals surface area (Å²) in [5.41, 5.74) is 0. The van der Waals surface area contributed by atoms with Gasteiger partial charge in [-0.2, -0.15) is 0 Å². The first-order chi connectivity index (χ1) is 8.74. The third kappa shape index (κ3) is 3.34. The molecule has 0 aliphatic heterocycles. The molecule has 1 saturated carbocycles. The van der Waals surface area contributed by atoms with Gasteiger partial charge in [0.1, 0.15) is 17.5 Å². The monoisotopic (exact) mass is 248 g/mol. The molecule has 100 valence electrons. The van der Waals surface area contributed by atoms with Crippen LogP contribution in [0.2, 0.25) is 0 Å². The van der Waals surface area contributed by atoms with Crippen molar-refractivity contribution < 1.29 is 0 Å². The molecule has 4 nitrogen and oxygen atoms in total. The van der Waals surface area contributed by atoms with Gasteiger partial charge in [0.15, 0.2) is 0 Å². The molecule has 1 heterocycles. The maximum absolute atomic E-state index is 4.61. The van der Waals surface area contributed by atoms with Crippen molar-refractivity contribution in [3.8, 4) is 0 Å². The third-order valence-corrected chi connectivity index (χ3v) is 3.22. The Kier molecular flexibility index (Phi) is 4.39. The van der Waals surface area contributed by atoms with E-state index in [1.54, 1.807) is 0 Å². The summed E-state index contributed by atoms with van der Waals surface area (Å²) in [6.07, 6.45) is 5.08. The molecule has 1 aliphatic carbocycles. The number of rotatable bonds is 7. The molecule has 18 heavy (non-hydrogen) atoms. The lowest BCUT2D eigenvalue weighted by Crippen LogP contribution is -2.28. The Labute approximate surface area is 110 Å². The quantitative estimate of drug-likeness (QED) is 0.805. The predicted octanol–water partition coefficient (Wildman–Crippen LogP) is 2.99. The van der Waals surface area contributed by atoms with Crippen LogP contribution in [-0.2, 0) is 0 Å². The smallest absolute Gasteiger partial charge is 0.134 e. The minimum absolute atomic E-state index is 0.709. The lowest BCUT2D eigenvalue weighted by molar-refractivity contribution is 0.702. The van der Waals surface area contributed by atoms with Gasteiger partial charge >= 0.3 is 0 Å². The maximum Gasteiger partial charge on any atom is 0.134 e. The molecular formula is C14H24N4. The minimum atomic E-state index is 0.709. The van der Waals surface area contributed by atoms with Gasteiger partial charge < -0.3 is 10.2 Å². The fourth-order valence-electron chi connectivity index (χ4n) is 2.17. The fourth-order valence-corrected chi connectivity index (χ4v) is 2.17. The van der Waals surface area contributed by atoms with Crippen LogP contribution in [0.3, 0.4) is 0 Å². The number of nitrogens with one attached hydrogen (secondary N) is 1. The van der Waals surface area contributed by atoms with Gasteiger partial charge in [-0.15, -0.1) is 0 Å². The molecule has 0 spiro atoms.